The Labute approximate surface area is 150 Å². The van der Waals surface area contributed by atoms with E-state index < -0.39 is 12.2 Å². The van der Waals surface area contributed by atoms with Crippen molar-refractivity contribution in [1.29, 1.82) is 0 Å². The monoisotopic (exact) mass is 355 g/mol. The van der Waals surface area contributed by atoms with E-state index in [0.29, 0.717) is 16.9 Å². The van der Waals surface area contributed by atoms with Gasteiger partial charge >= 0.3 is 5.97 Å². The van der Waals surface area contributed by atoms with Gasteiger partial charge in [-0.1, -0.05) is 6.07 Å². The highest BCUT2D eigenvalue weighted by molar-refractivity contribution is 6.00. The number of amides is 1. The molecule has 0 fully saturated rings. The smallest absolute Gasteiger partial charge is 0.308 e. The predicted molar refractivity (Wildman–Crippen MR) is 91.4 cm³/mol. The molecule has 1 atom stereocenters. The molecule has 1 aromatic carbocycles. The third-order valence-corrected chi connectivity index (χ3v) is 3.63. The Hall–Kier alpha value is -3.42. The Morgan fingerprint density at radius 1 is 1.15 bits per heavy atom. The van der Waals surface area contributed by atoms with Crippen LogP contribution in [0.15, 0.2) is 47.8 Å². The van der Waals surface area contributed by atoms with E-state index in [0.717, 1.165) is 0 Å². The summed E-state index contributed by atoms with van der Waals surface area (Å²) in [6.45, 7) is 2.68. The summed E-state index contributed by atoms with van der Waals surface area (Å²) in [4.78, 5) is 27.4. The van der Waals surface area contributed by atoms with Crippen LogP contribution in [0.1, 0.15) is 31.2 Å². The SMILES string of the molecule is COc1cccc(C2=NN(C(C)=O)[C@H](c3ccncc3)O2)c1OC(C)=O. The van der Waals surface area contributed by atoms with Gasteiger partial charge in [0.15, 0.2) is 11.5 Å². The van der Waals surface area contributed by atoms with Crippen LogP contribution in [0.5, 0.6) is 11.5 Å². The van der Waals surface area contributed by atoms with Gasteiger partial charge in [-0.05, 0) is 24.3 Å². The Morgan fingerprint density at radius 3 is 2.50 bits per heavy atom. The second-order valence-corrected chi connectivity index (χ2v) is 5.45. The summed E-state index contributed by atoms with van der Waals surface area (Å²) in [5.74, 6) is -0.120. The number of hydrogen-bond donors (Lipinski definition) is 0. The molecule has 0 saturated heterocycles. The third-order valence-electron chi connectivity index (χ3n) is 3.63. The molecule has 8 nitrogen and oxygen atoms in total. The molecule has 3 rings (SSSR count). The molecule has 0 bridgehead atoms. The van der Waals surface area contributed by atoms with Crippen LogP contribution in [0.4, 0.5) is 0 Å². The number of nitrogens with zero attached hydrogens (tertiary/aromatic N) is 3. The van der Waals surface area contributed by atoms with Gasteiger partial charge in [0.25, 0.3) is 0 Å². The van der Waals surface area contributed by atoms with Gasteiger partial charge in [0.1, 0.15) is 0 Å². The van der Waals surface area contributed by atoms with Crippen LogP contribution in [0.2, 0.25) is 0 Å². The maximum Gasteiger partial charge on any atom is 0.308 e. The maximum absolute atomic E-state index is 12.0. The van der Waals surface area contributed by atoms with Crippen molar-refractivity contribution in [2.45, 2.75) is 20.1 Å². The number of carbonyl (C=O) groups excluding carboxylic acids is 2. The summed E-state index contributed by atoms with van der Waals surface area (Å²) in [6, 6.07) is 8.51. The van der Waals surface area contributed by atoms with E-state index in [1.165, 1.54) is 26.0 Å². The lowest BCUT2D eigenvalue weighted by Gasteiger charge is -2.19. The second-order valence-electron chi connectivity index (χ2n) is 5.45. The quantitative estimate of drug-likeness (QED) is 0.617. The minimum Gasteiger partial charge on any atom is -0.493 e. The summed E-state index contributed by atoms with van der Waals surface area (Å²) in [5.41, 5.74) is 1.12. The first-order chi connectivity index (χ1) is 12.5. The minimum atomic E-state index is -0.734. The fourth-order valence-electron chi connectivity index (χ4n) is 2.51. The highest BCUT2D eigenvalue weighted by Gasteiger charge is 2.34. The van der Waals surface area contributed by atoms with Crippen molar-refractivity contribution in [3.63, 3.8) is 0 Å². The fraction of sp³-hybridized carbons (Fsp3) is 0.222. The lowest BCUT2D eigenvalue weighted by Crippen LogP contribution is -2.25. The van der Waals surface area contributed by atoms with Gasteiger partial charge in [0.05, 0.1) is 12.7 Å². The number of esters is 1. The summed E-state index contributed by atoms with van der Waals surface area (Å²) in [5, 5.41) is 5.49. The number of hydrogen-bond acceptors (Lipinski definition) is 7. The first-order valence-corrected chi connectivity index (χ1v) is 7.82. The molecule has 2 heterocycles. The zero-order chi connectivity index (χ0) is 18.7. The third kappa shape index (κ3) is 3.34. The summed E-state index contributed by atoms with van der Waals surface area (Å²) >= 11 is 0. The van der Waals surface area contributed by atoms with E-state index in [9.17, 15) is 9.59 Å². The van der Waals surface area contributed by atoms with E-state index in [-0.39, 0.29) is 17.6 Å². The lowest BCUT2D eigenvalue weighted by molar-refractivity contribution is -0.135. The normalized spacial score (nSPS) is 15.9. The first kappa shape index (κ1) is 17.4. The van der Waals surface area contributed by atoms with E-state index in [1.807, 2.05) is 0 Å². The van der Waals surface area contributed by atoms with Crippen molar-refractivity contribution in [3.8, 4) is 11.5 Å². The number of aromatic nitrogens is 1. The number of benzene rings is 1. The molecule has 0 spiro atoms. The highest BCUT2D eigenvalue weighted by Crippen LogP contribution is 2.36. The van der Waals surface area contributed by atoms with Crippen LogP contribution < -0.4 is 9.47 Å². The number of hydrazone groups is 1. The zero-order valence-electron chi connectivity index (χ0n) is 14.5. The molecule has 1 aromatic heterocycles. The van der Waals surface area contributed by atoms with Crippen LogP contribution in [0.3, 0.4) is 0 Å². The molecule has 2 aromatic rings. The Morgan fingerprint density at radius 2 is 1.88 bits per heavy atom. The molecule has 0 saturated carbocycles. The molecular weight excluding hydrogens is 338 g/mol. The summed E-state index contributed by atoms with van der Waals surface area (Å²) < 4.78 is 16.4. The van der Waals surface area contributed by atoms with Crippen molar-refractivity contribution >= 4 is 17.8 Å². The average molecular weight is 355 g/mol. The van der Waals surface area contributed by atoms with Gasteiger partial charge < -0.3 is 14.2 Å². The fourth-order valence-corrected chi connectivity index (χ4v) is 2.51. The minimum absolute atomic E-state index is 0.150. The van der Waals surface area contributed by atoms with Crippen LogP contribution >= 0.6 is 0 Å². The Balaban J connectivity index is 2.03. The Bertz CT molecular complexity index is 866. The zero-order valence-corrected chi connectivity index (χ0v) is 14.5. The molecule has 26 heavy (non-hydrogen) atoms. The van der Waals surface area contributed by atoms with E-state index >= 15 is 0 Å². The van der Waals surface area contributed by atoms with Gasteiger partial charge in [-0.2, -0.15) is 5.01 Å². The van der Waals surface area contributed by atoms with Gasteiger partial charge in [0.2, 0.25) is 18.0 Å². The van der Waals surface area contributed by atoms with Crippen LogP contribution in [-0.4, -0.2) is 34.9 Å². The summed E-state index contributed by atoms with van der Waals surface area (Å²) in [6.07, 6.45) is 2.47. The van der Waals surface area contributed by atoms with Crippen molar-refractivity contribution in [2.75, 3.05) is 7.11 Å². The number of ether oxygens (including phenoxy) is 3. The molecule has 8 heteroatoms. The van der Waals surface area contributed by atoms with Crippen LogP contribution in [0.25, 0.3) is 0 Å². The van der Waals surface area contributed by atoms with Gasteiger partial charge in [0, 0.05) is 31.8 Å². The number of rotatable bonds is 4. The molecule has 0 aliphatic carbocycles. The molecule has 0 radical (unpaired) electrons. The van der Waals surface area contributed by atoms with Crippen molar-refractivity contribution in [1.82, 2.24) is 9.99 Å². The van der Waals surface area contributed by atoms with E-state index in [4.69, 9.17) is 14.2 Å². The van der Waals surface area contributed by atoms with E-state index in [2.05, 4.69) is 10.1 Å². The molecule has 1 aliphatic heterocycles. The number of methoxy groups -OCH3 is 1. The molecule has 0 unspecified atom stereocenters. The van der Waals surface area contributed by atoms with Crippen LogP contribution in [-0.2, 0) is 14.3 Å². The second kappa shape index (κ2) is 7.22. The predicted octanol–water partition coefficient (Wildman–Crippen LogP) is 2.25. The topological polar surface area (TPSA) is 90.3 Å². The van der Waals surface area contributed by atoms with Gasteiger partial charge in [-0.25, -0.2) is 0 Å². The number of carbonyl (C=O) groups is 2. The number of para-hydroxylation sites is 1. The maximum atomic E-state index is 12.0. The van der Waals surface area contributed by atoms with Gasteiger partial charge in [-0.3, -0.25) is 14.6 Å². The molecule has 0 N–H and O–H groups in total. The molecule has 134 valence electrons. The standard InChI is InChI=1S/C18H17N3O5/c1-11(22)21-18(13-7-9-19-10-8-13)26-17(20-21)14-5-4-6-15(24-3)16(14)25-12(2)23/h4-10,18H,1-3H3/t18-/m0/s1. The lowest BCUT2D eigenvalue weighted by atomic mass is 10.2. The van der Waals surface area contributed by atoms with Crippen molar-refractivity contribution < 1.29 is 23.8 Å². The summed E-state index contributed by atoms with van der Waals surface area (Å²) in [7, 11) is 1.46. The first-order valence-electron chi connectivity index (χ1n) is 7.82. The van der Waals surface area contributed by atoms with Gasteiger partial charge in [-0.15, -0.1) is 5.10 Å². The van der Waals surface area contributed by atoms with Crippen LogP contribution in [0, 0.1) is 0 Å². The van der Waals surface area contributed by atoms with Crippen molar-refractivity contribution in [2.24, 2.45) is 5.10 Å². The number of pyridine rings is 1. The molecule has 1 aliphatic rings. The van der Waals surface area contributed by atoms with E-state index in [1.54, 1.807) is 42.7 Å². The average Bonchev–Trinajstić information content (AvgIpc) is 3.07. The Kier molecular flexibility index (Phi) is 4.83. The van der Waals surface area contributed by atoms with Crippen molar-refractivity contribution in [3.05, 3.63) is 53.9 Å². The highest BCUT2D eigenvalue weighted by atomic mass is 16.6. The molecule has 1 amide bonds. The molecular formula is C18H17N3O5. The largest absolute Gasteiger partial charge is 0.493 e.